The minimum atomic E-state index is -2.48. The van der Waals surface area contributed by atoms with Gasteiger partial charge in [0, 0.05) is 17.1 Å². The molecule has 0 aliphatic carbocycles. The Kier molecular flexibility index (Phi) is 2.51. The second-order valence-electron chi connectivity index (χ2n) is 2.19. The van der Waals surface area contributed by atoms with Gasteiger partial charge in [-0.25, -0.2) is 13.8 Å². The van der Waals surface area contributed by atoms with E-state index in [9.17, 15) is 8.78 Å². The lowest BCUT2D eigenvalue weighted by atomic mass is 10.3. The third-order valence-electron chi connectivity index (χ3n) is 1.18. The van der Waals surface area contributed by atoms with E-state index in [1.807, 2.05) is 0 Å². The molecule has 1 rings (SSSR count). The van der Waals surface area contributed by atoms with E-state index in [-0.39, 0.29) is 11.0 Å². The van der Waals surface area contributed by atoms with Crippen LogP contribution in [0.5, 0.6) is 0 Å². The molecule has 2 nitrogen and oxygen atoms in total. The van der Waals surface area contributed by atoms with Crippen LogP contribution in [0.25, 0.3) is 0 Å². The number of hydrogen-bond acceptors (Lipinski definition) is 3. The summed E-state index contributed by atoms with van der Waals surface area (Å²) < 4.78 is 23.9. The van der Waals surface area contributed by atoms with Crippen LogP contribution in [-0.2, 0) is 0 Å². The molecule has 0 spiro atoms. The van der Waals surface area contributed by atoms with Crippen molar-refractivity contribution < 1.29 is 8.78 Å². The average Bonchev–Trinajstić information content (AvgIpc) is 2.33. The molecule has 0 saturated heterocycles. The van der Waals surface area contributed by atoms with E-state index in [2.05, 4.69) is 4.98 Å². The van der Waals surface area contributed by atoms with Crippen molar-refractivity contribution in [1.29, 1.82) is 0 Å². The molecule has 0 fully saturated rings. The lowest BCUT2D eigenvalue weighted by Gasteiger charge is -1.96. The Bertz CT molecular complexity index is 212. The van der Waals surface area contributed by atoms with Gasteiger partial charge in [0.15, 0.2) is 5.01 Å². The number of thiazole rings is 1. The summed E-state index contributed by atoms with van der Waals surface area (Å²) in [6.45, 7) is 1.74. The Morgan fingerprint density at radius 2 is 2.27 bits per heavy atom. The van der Waals surface area contributed by atoms with E-state index in [1.165, 1.54) is 6.20 Å². The molecule has 0 amide bonds. The first-order valence-corrected chi connectivity index (χ1v) is 3.92. The van der Waals surface area contributed by atoms with Crippen molar-refractivity contribution in [3.8, 4) is 0 Å². The Labute approximate surface area is 67.1 Å². The Hall–Kier alpha value is -0.550. The van der Waals surface area contributed by atoms with Crippen molar-refractivity contribution in [1.82, 2.24) is 4.98 Å². The monoisotopic (exact) mass is 178 g/mol. The molecule has 1 aromatic heterocycles. The predicted octanol–water partition coefficient (Wildman–Crippen LogP) is 2.10. The molecule has 1 heterocycles. The maximum absolute atomic E-state index is 12.0. The van der Waals surface area contributed by atoms with Crippen LogP contribution < -0.4 is 5.73 Å². The van der Waals surface area contributed by atoms with Crippen LogP contribution in [0.15, 0.2) is 6.20 Å². The SMILES string of the molecule is CC(N)c1cnc(C(F)F)s1. The number of halogens is 2. The quantitative estimate of drug-likeness (QED) is 0.753. The van der Waals surface area contributed by atoms with E-state index in [1.54, 1.807) is 6.92 Å². The molecular weight excluding hydrogens is 170 g/mol. The molecule has 1 aromatic rings. The maximum atomic E-state index is 12.0. The Morgan fingerprint density at radius 3 is 2.55 bits per heavy atom. The smallest absolute Gasteiger partial charge is 0.289 e. The number of nitrogens with zero attached hydrogens (tertiary/aromatic N) is 1. The third-order valence-corrected chi connectivity index (χ3v) is 2.38. The van der Waals surface area contributed by atoms with Gasteiger partial charge >= 0.3 is 0 Å². The third kappa shape index (κ3) is 1.94. The lowest BCUT2D eigenvalue weighted by molar-refractivity contribution is 0.151. The van der Waals surface area contributed by atoms with E-state index in [4.69, 9.17) is 5.73 Å². The average molecular weight is 178 g/mol. The summed E-state index contributed by atoms with van der Waals surface area (Å²) >= 11 is 0.963. The molecule has 1 atom stereocenters. The van der Waals surface area contributed by atoms with E-state index in [0.717, 1.165) is 11.3 Å². The van der Waals surface area contributed by atoms with Crippen LogP contribution in [0.2, 0.25) is 0 Å². The molecule has 11 heavy (non-hydrogen) atoms. The molecule has 0 bridgehead atoms. The molecule has 0 aliphatic rings. The second-order valence-corrected chi connectivity index (χ2v) is 3.28. The number of nitrogens with two attached hydrogens (primary N) is 1. The highest BCUT2D eigenvalue weighted by atomic mass is 32.1. The molecule has 62 valence electrons. The van der Waals surface area contributed by atoms with Crippen molar-refractivity contribution in [3.05, 3.63) is 16.1 Å². The highest BCUT2D eigenvalue weighted by molar-refractivity contribution is 7.11. The van der Waals surface area contributed by atoms with Crippen LogP contribution in [0.3, 0.4) is 0 Å². The standard InChI is InChI=1S/C6H8F2N2S/c1-3(9)4-2-10-6(11-4)5(7)8/h2-3,5H,9H2,1H3. The van der Waals surface area contributed by atoms with Gasteiger partial charge in [-0.2, -0.15) is 0 Å². The van der Waals surface area contributed by atoms with Crippen molar-refractivity contribution >= 4 is 11.3 Å². The first-order valence-electron chi connectivity index (χ1n) is 3.10. The molecule has 2 N–H and O–H groups in total. The number of alkyl halides is 2. The van der Waals surface area contributed by atoms with Crippen molar-refractivity contribution in [2.45, 2.75) is 19.4 Å². The zero-order chi connectivity index (χ0) is 8.43. The van der Waals surface area contributed by atoms with Crippen LogP contribution in [0.4, 0.5) is 8.78 Å². The van der Waals surface area contributed by atoms with Gasteiger partial charge in [0.1, 0.15) is 0 Å². The van der Waals surface area contributed by atoms with Crippen LogP contribution in [0, 0.1) is 0 Å². The van der Waals surface area contributed by atoms with Crippen molar-refractivity contribution in [2.75, 3.05) is 0 Å². The Balaban J connectivity index is 2.82. The first-order chi connectivity index (χ1) is 5.11. The van der Waals surface area contributed by atoms with Crippen molar-refractivity contribution in [3.63, 3.8) is 0 Å². The highest BCUT2D eigenvalue weighted by Crippen LogP contribution is 2.26. The van der Waals surface area contributed by atoms with Gasteiger partial charge in [0.05, 0.1) is 0 Å². The predicted molar refractivity (Wildman–Crippen MR) is 39.7 cm³/mol. The summed E-state index contributed by atoms with van der Waals surface area (Å²) in [5.74, 6) is 0. The number of hydrogen-bond donors (Lipinski definition) is 1. The van der Waals surface area contributed by atoms with Crippen LogP contribution >= 0.6 is 11.3 Å². The van der Waals surface area contributed by atoms with E-state index >= 15 is 0 Å². The largest absolute Gasteiger partial charge is 0.323 e. The normalized spacial score (nSPS) is 13.9. The van der Waals surface area contributed by atoms with Gasteiger partial charge in [-0.05, 0) is 6.92 Å². The van der Waals surface area contributed by atoms with Gasteiger partial charge in [0.2, 0.25) is 0 Å². The molecule has 5 heteroatoms. The Morgan fingerprint density at radius 1 is 1.64 bits per heavy atom. The molecule has 0 saturated carbocycles. The summed E-state index contributed by atoms with van der Waals surface area (Å²) in [6, 6.07) is -0.208. The summed E-state index contributed by atoms with van der Waals surface area (Å²) in [5.41, 5.74) is 5.45. The van der Waals surface area contributed by atoms with E-state index < -0.39 is 6.43 Å². The molecule has 0 aliphatic heterocycles. The van der Waals surface area contributed by atoms with Gasteiger partial charge < -0.3 is 5.73 Å². The topological polar surface area (TPSA) is 38.9 Å². The minimum Gasteiger partial charge on any atom is -0.323 e. The van der Waals surface area contributed by atoms with Crippen molar-refractivity contribution in [2.24, 2.45) is 5.73 Å². The molecule has 1 unspecified atom stereocenters. The number of aromatic nitrogens is 1. The van der Waals surface area contributed by atoms with Gasteiger partial charge in [-0.1, -0.05) is 0 Å². The van der Waals surface area contributed by atoms with E-state index in [0.29, 0.717) is 4.88 Å². The fourth-order valence-electron chi connectivity index (χ4n) is 0.612. The van der Waals surface area contributed by atoms with Crippen LogP contribution in [-0.4, -0.2) is 4.98 Å². The van der Waals surface area contributed by atoms with Gasteiger partial charge in [-0.3, -0.25) is 0 Å². The zero-order valence-electron chi connectivity index (χ0n) is 5.92. The number of rotatable bonds is 2. The fourth-order valence-corrected chi connectivity index (χ4v) is 1.34. The fraction of sp³-hybridized carbons (Fsp3) is 0.500. The summed E-state index contributed by atoms with van der Waals surface area (Å²) in [7, 11) is 0. The highest BCUT2D eigenvalue weighted by Gasteiger charge is 2.13. The summed E-state index contributed by atoms with van der Waals surface area (Å²) in [4.78, 5) is 4.22. The molecular formula is C6H8F2N2S. The molecule has 0 aromatic carbocycles. The second kappa shape index (κ2) is 3.23. The first kappa shape index (κ1) is 8.55. The zero-order valence-corrected chi connectivity index (χ0v) is 6.74. The van der Waals surface area contributed by atoms with Crippen LogP contribution in [0.1, 0.15) is 29.3 Å². The van der Waals surface area contributed by atoms with Gasteiger partial charge in [0.25, 0.3) is 6.43 Å². The minimum absolute atomic E-state index is 0.155. The maximum Gasteiger partial charge on any atom is 0.289 e. The lowest BCUT2D eigenvalue weighted by Crippen LogP contribution is -2.01. The molecule has 0 radical (unpaired) electrons. The summed E-state index contributed by atoms with van der Waals surface area (Å²) in [6.07, 6.45) is -1.08. The van der Waals surface area contributed by atoms with Gasteiger partial charge in [-0.15, -0.1) is 11.3 Å². The summed E-state index contributed by atoms with van der Waals surface area (Å²) in [5, 5.41) is -0.155.